The van der Waals surface area contributed by atoms with E-state index in [0.717, 1.165) is 22.4 Å². The summed E-state index contributed by atoms with van der Waals surface area (Å²) in [6.07, 6.45) is 2.70. The van der Waals surface area contributed by atoms with E-state index in [0.29, 0.717) is 19.4 Å². The van der Waals surface area contributed by atoms with Crippen molar-refractivity contribution in [3.63, 3.8) is 0 Å². The van der Waals surface area contributed by atoms with Gasteiger partial charge in [-0.1, -0.05) is 12.1 Å². The Hall–Kier alpha value is -3.02. The molecule has 1 heterocycles. The number of nitrogens with zero attached hydrogens (tertiary/aromatic N) is 2. The first-order chi connectivity index (χ1) is 12.5. The Morgan fingerprint density at radius 2 is 1.65 bits per heavy atom. The van der Waals surface area contributed by atoms with Crippen molar-refractivity contribution in [3.8, 4) is 11.3 Å². The number of benzene rings is 2. The molecule has 1 amide bonds. The second kappa shape index (κ2) is 7.91. The molecular weight excluding hydrogens is 336 g/mol. The molecule has 0 fully saturated rings. The van der Waals surface area contributed by atoms with Crippen LogP contribution in [-0.2, 0) is 24.8 Å². The van der Waals surface area contributed by atoms with Gasteiger partial charge < -0.3 is 5.32 Å². The molecule has 1 aromatic heterocycles. The van der Waals surface area contributed by atoms with E-state index in [4.69, 9.17) is 0 Å². The maximum atomic E-state index is 13.1. The summed E-state index contributed by atoms with van der Waals surface area (Å²) in [7, 11) is 1.81. The Balaban J connectivity index is 1.60. The predicted molar refractivity (Wildman–Crippen MR) is 95.2 cm³/mol. The van der Waals surface area contributed by atoms with E-state index in [2.05, 4.69) is 10.4 Å². The van der Waals surface area contributed by atoms with Crippen LogP contribution < -0.4 is 5.32 Å². The van der Waals surface area contributed by atoms with Crippen LogP contribution in [0.15, 0.2) is 54.7 Å². The molecule has 0 saturated heterocycles. The summed E-state index contributed by atoms with van der Waals surface area (Å²) < 4.78 is 27.7. The number of aryl methyl sites for hydroxylation is 2. The van der Waals surface area contributed by atoms with Gasteiger partial charge in [-0.2, -0.15) is 5.10 Å². The van der Waals surface area contributed by atoms with Gasteiger partial charge in [0, 0.05) is 31.8 Å². The quantitative estimate of drug-likeness (QED) is 0.734. The van der Waals surface area contributed by atoms with Crippen LogP contribution in [0.1, 0.15) is 17.5 Å². The van der Waals surface area contributed by atoms with Crippen LogP contribution >= 0.6 is 0 Å². The van der Waals surface area contributed by atoms with Crippen molar-refractivity contribution in [2.45, 2.75) is 19.4 Å². The molecule has 0 saturated carbocycles. The largest absolute Gasteiger partial charge is 0.352 e. The highest BCUT2D eigenvalue weighted by molar-refractivity contribution is 5.76. The minimum atomic E-state index is -0.301. The van der Waals surface area contributed by atoms with Gasteiger partial charge in [0.1, 0.15) is 11.6 Å². The Morgan fingerprint density at radius 3 is 2.31 bits per heavy atom. The Morgan fingerprint density at radius 1 is 1.04 bits per heavy atom. The van der Waals surface area contributed by atoms with Gasteiger partial charge in [0.15, 0.2) is 0 Å². The van der Waals surface area contributed by atoms with Crippen LogP contribution in [0.2, 0.25) is 0 Å². The fourth-order valence-corrected chi connectivity index (χ4v) is 2.71. The molecule has 2 aromatic carbocycles. The zero-order valence-electron chi connectivity index (χ0n) is 14.4. The number of hydrogen-bond acceptors (Lipinski definition) is 2. The van der Waals surface area contributed by atoms with Gasteiger partial charge in [0.25, 0.3) is 0 Å². The van der Waals surface area contributed by atoms with E-state index in [1.54, 1.807) is 28.9 Å². The third-order valence-corrected chi connectivity index (χ3v) is 4.05. The predicted octanol–water partition coefficient (Wildman–Crippen LogP) is 3.61. The van der Waals surface area contributed by atoms with E-state index in [9.17, 15) is 13.6 Å². The lowest BCUT2D eigenvalue weighted by Crippen LogP contribution is -2.23. The lowest BCUT2D eigenvalue weighted by Gasteiger charge is -2.06. The molecule has 0 spiro atoms. The highest BCUT2D eigenvalue weighted by Gasteiger charge is 2.12. The standard InChI is InChI=1S/C20H19F2N3O/c1-25-13-16(20(24-25)15-4-9-18(22)10-5-15)6-11-19(26)23-12-14-2-7-17(21)8-3-14/h2-5,7-10,13H,6,11-12H2,1H3,(H,23,26). The maximum Gasteiger partial charge on any atom is 0.220 e. The smallest absolute Gasteiger partial charge is 0.220 e. The van der Waals surface area contributed by atoms with Crippen molar-refractivity contribution in [2.24, 2.45) is 7.05 Å². The molecule has 3 rings (SSSR count). The number of aromatic nitrogens is 2. The van der Waals surface area contributed by atoms with E-state index < -0.39 is 0 Å². The highest BCUT2D eigenvalue weighted by atomic mass is 19.1. The zero-order chi connectivity index (χ0) is 18.5. The lowest BCUT2D eigenvalue weighted by atomic mass is 10.0. The number of carbonyl (C=O) groups is 1. The lowest BCUT2D eigenvalue weighted by molar-refractivity contribution is -0.121. The van der Waals surface area contributed by atoms with E-state index in [1.165, 1.54) is 24.3 Å². The second-order valence-corrected chi connectivity index (χ2v) is 6.09. The van der Waals surface area contributed by atoms with Crippen LogP contribution in [0, 0.1) is 11.6 Å². The van der Waals surface area contributed by atoms with Crippen molar-refractivity contribution in [3.05, 3.63) is 77.5 Å². The fourth-order valence-electron chi connectivity index (χ4n) is 2.71. The van der Waals surface area contributed by atoms with Crippen LogP contribution in [-0.4, -0.2) is 15.7 Å². The minimum Gasteiger partial charge on any atom is -0.352 e. The van der Waals surface area contributed by atoms with Crippen LogP contribution in [0.25, 0.3) is 11.3 Å². The molecule has 0 radical (unpaired) electrons. The molecule has 0 bridgehead atoms. The summed E-state index contributed by atoms with van der Waals surface area (Å²) in [5.41, 5.74) is 3.33. The maximum absolute atomic E-state index is 13.1. The molecule has 0 unspecified atom stereocenters. The Bertz CT molecular complexity index is 886. The highest BCUT2D eigenvalue weighted by Crippen LogP contribution is 2.23. The molecule has 4 nitrogen and oxygen atoms in total. The molecule has 1 N–H and O–H groups in total. The Kier molecular flexibility index (Phi) is 5.41. The molecule has 0 atom stereocenters. The summed E-state index contributed by atoms with van der Waals surface area (Å²) >= 11 is 0. The fraction of sp³-hybridized carbons (Fsp3) is 0.200. The Labute approximate surface area is 150 Å². The van der Waals surface area contributed by atoms with E-state index in [-0.39, 0.29) is 17.5 Å². The molecule has 0 aliphatic heterocycles. The summed E-state index contributed by atoms with van der Waals surface area (Å²) in [4.78, 5) is 12.1. The van der Waals surface area contributed by atoms with Crippen molar-refractivity contribution in [2.75, 3.05) is 0 Å². The van der Waals surface area contributed by atoms with Crippen LogP contribution in [0.3, 0.4) is 0 Å². The number of rotatable bonds is 6. The molecule has 3 aromatic rings. The molecule has 0 aliphatic carbocycles. The van der Waals surface area contributed by atoms with Crippen LogP contribution in [0.5, 0.6) is 0 Å². The van der Waals surface area contributed by atoms with Gasteiger partial charge in [-0.3, -0.25) is 9.48 Å². The van der Waals surface area contributed by atoms with Gasteiger partial charge in [0.2, 0.25) is 5.91 Å². The molecular formula is C20H19F2N3O. The van der Waals surface area contributed by atoms with Gasteiger partial charge in [-0.25, -0.2) is 8.78 Å². The number of amides is 1. The number of carbonyl (C=O) groups excluding carboxylic acids is 1. The first-order valence-corrected chi connectivity index (χ1v) is 8.31. The van der Waals surface area contributed by atoms with Crippen molar-refractivity contribution in [1.29, 1.82) is 0 Å². The SMILES string of the molecule is Cn1cc(CCC(=O)NCc2ccc(F)cc2)c(-c2ccc(F)cc2)n1. The van der Waals surface area contributed by atoms with Crippen molar-refractivity contribution < 1.29 is 13.6 Å². The molecule has 6 heteroatoms. The second-order valence-electron chi connectivity index (χ2n) is 6.09. The number of nitrogens with one attached hydrogen (secondary N) is 1. The topological polar surface area (TPSA) is 46.9 Å². The van der Waals surface area contributed by atoms with Crippen molar-refractivity contribution >= 4 is 5.91 Å². The van der Waals surface area contributed by atoms with Gasteiger partial charge in [-0.15, -0.1) is 0 Å². The van der Waals surface area contributed by atoms with Gasteiger partial charge in [-0.05, 0) is 53.9 Å². The molecule has 26 heavy (non-hydrogen) atoms. The average Bonchev–Trinajstić information content (AvgIpc) is 3.01. The summed E-state index contributed by atoms with van der Waals surface area (Å²) in [6.45, 7) is 0.358. The van der Waals surface area contributed by atoms with Gasteiger partial charge in [0.05, 0.1) is 5.69 Å². The first kappa shape index (κ1) is 17.8. The molecule has 134 valence electrons. The monoisotopic (exact) mass is 355 g/mol. The summed E-state index contributed by atoms with van der Waals surface area (Å²) in [5, 5.41) is 7.24. The minimum absolute atomic E-state index is 0.0942. The third-order valence-electron chi connectivity index (χ3n) is 4.05. The van der Waals surface area contributed by atoms with Crippen LogP contribution in [0.4, 0.5) is 8.78 Å². The summed E-state index contributed by atoms with van der Waals surface area (Å²) in [5.74, 6) is -0.695. The van der Waals surface area contributed by atoms with E-state index in [1.807, 2.05) is 13.2 Å². The van der Waals surface area contributed by atoms with Gasteiger partial charge >= 0.3 is 0 Å². The summed E-state index contributed by atoms with van der Waals surface area (Å²) in [6, 6.07) is 12.2. The zero-order valence-corrected chi connectivity index (χ0v) is 14.4. The van der Waals surface area contributed by atoms with E-state index >= 15 is 0 Å². The van der Waals surface area contributed by atoms with Crippen molar-refractivity contribution in [1.82, 2.24) is 15.1 Å². The normalized spacial score (nSPS) is 10.7. The number of halogens is 2. The third kappa shape index (κ3) is 4.53. The first-order valence-electron chi connectivity index (χ1n) is 8.31. The average molecular weight is 355 g/mol. The number of hydrogen-bond donors (Lipinski definition) is 1. The molecule has 0 aliphatic rings.